The zero-order chi connectivity index (χ0) is 11.4. The molecule has 1 aliphatic heterocycles. The Morgan fingerprint density at radius 3 is 2.56 bits per heavy atom. The summed E-state index contributed by atoms with van der Waals surface area (Å²) in [5.74, 6) is 0. The Morgan fingerprint density at radius 1 is 1.38 bits per heavy atom. The van der Waals surface area contributed by atoms with Crippen molar-refractivity contribution in [2.75, 3.05) is 19.8 Å². The third-order valence-electron chi connectivity index (χ3n) is 2.70. The highest BCUT2D eigenvalue weighted by molar-refractivity contribution is 5.24. The molecule has 4 heteroatoms. The molecule has 0 amide bonds. The van der Waals surface area contributed by atoms with Crippen LogP contribution in [-0.2, 0) is 16.0 Å². The Hall–Kier alpha value is -0.940. The molecule has 0 aliphatic carbocycles. The lowest BCUT2D eigenvalue weighted by molar-refractivity contribution is -0.143. The second-order valence-electron chi connectivity index (χ2n) is 3.95. The van der Waals surface area contributed by atoms with Crippen molar-refractivity contribution in [3.63, 3.8) is 0 Å². The van der Waals surface area contributed by atoms with E-state index in [1.54, 1.807) is 0 Å². The molecular formula is C12H17NO3. The molecule has 2 rings (SSSR count). The molecular weight excluding hydrogens is 206 g/mol. The van der Waals surface area contributed by atoms with Gasteiger partial charge < -0.3 is 20.3 Å². The van der Waals surface area contributed by atoms with Crippen molar-refractivity contribution in [3.05, 3.63) is 35.4 Å². The lowest BCUT2D eigenvalue weighted by Crippen LogP contribution is -2.37. The van der Waals surface area contributed by atoms with Crippen molar-refractivity contribution in [1.82, 2.24) is 0 Å². The first-order valence-corrected chi connectivity index (χ1v) is 5.46. The van der Waals surface area contributed by atoms with Crippen LogP contribution in [0.25, 0.3) is 0 Å². The summed E-state index contributed by atoms with van der Waals surface area (Å²) in [7, 11) is 0. The Morgan fingerprint density at radius 2 is 2.06 bits per heavy atom. The fourth-order valence-corrected chi connectivity index (χ4v) is 1.51. The van der Waals surface area contributed by atoms with E-state index in [1.807, 2.05) is 24.3 Å². The number of hydrogen-bond acceptors (Lipinski definition) is 4. The Bertz CT molecular complexity index is 322. The highest BCUT2D eigenvalue weighted by Gasteiger charge is 2.20. The van der Waals surface area contributed by atoms with Crippen LogP contribution >= 0.6 is 0 Å². The molecule has 1 aromatic rings. The first-order valence-electron chi connectivity index (χ1n) is 5.46. The van der Waals surface area contributed by atoms with E-state index in [0.717, 1.165) is 11.1 Å². The second kappa shape index (κ2) is 5.41. The maximum atomic E-state index is 9.86. The zero-order valence-corrected chi connectivity index (χ0v) is 9.13. The first kappa shape index (κ1) is 11.5. The SMILES string of the molecule is NCc1ccc(C(O)COC2COC2)cc1. The van der Waals surface area contributed by atoms with Gasteiger partial charge in [0.25, 0.3) is 0 Å². The van der Waals surface area contributed by atoms with Crippen molar-refractivity contribution in [3.8, 4) is 0 Å². The molecule has 3 N–H and O–H groups in total. The van der Waals surface area contributed by atoms with E-state index in [0.29, 0.717) is 26.4 Å². The van der Waals surface area contributed by atoms with Crippen LogP contribution in [0.1, 0.15) is 17.2 Å². The molecule has 0 spiro atoms. The summed E-state index contributed by atoms with van der Waals surface area (Å²) < 4.78 is 10.4. The third-order valence-corrected chi connectivity index (χ3v) is 2.70. The monoisotopic (exact) mass is 223 g/mol. The number of aliphatic hydroxyl groups excluding tert-OH is 1. The van der Waals surface area contributed by atoms with E-state index in [1.165, 1.54) is 0 Å². The number of hydrogen-bond donors (Lipinski definition) is 2. The van der Waals surface area contributed by atoms with Gasteiger partial charge in [-0.25, -0.2) is 0 Å². The van der Waals surface area contributed by atoms with Gasteiger partial charge in [-0.05, 0) is 11.1 Å². The molecule has 0 bridgehead atoms. The zero-order valence-electron chi connectivity index (χ0n) is 9.13. The van der Waals surface area contributed by atoms with Crippen LogP contribution in [0.4, 0.5) is 0 Å². The summed E-state index contributed by atoms with van der Waals surface area (Å²) in [6, 6.07) is 7.61. The van der Waals surface area contributed by atoms with E-state index in [4.69, 9.17) is 15.2 Å². The summed E-state index contributed by atoms with van der Waals surface area (Å²) in [5, 5.41) is 9.86. The third kappa shape index (κ3) is 2.80. The molecule has 1 heterocycles. The molecule has 1 unspecified atom stereocenters. The van der Waals surface area contributed by atoms with E-state index in [2.05, 4.69) is 0 Å². The number of aliphatic hydroxyl groups is 1. The maximum absolute atomic E-state index is 9.86. The number of ether oxygens (including phenoxy) is 2. The average Bonchev–Trinajstić information content (AvgIpc) is 2.27. The van der Waals surface area contributed by atoms with Gasteiger partial charge in [-0.15, -0.1) is 0 Å². The first-order chi connectivity index (χ1) is 7.79. The normalized spacial score (nSPS) is 18.1. The van der Waals surface area contributed by atoms with E-state index in [9.17, 15) is 5.11 Å². The van der Waals surface area contributed by atoms with Crippen LogP contribution in [0.3, 0.4) is 0 Å². The predicted octanol–water partition coefficient (Wildman–Crippen LogP) is 0.594. The maximum Gasteiger partial charge on any atom is 0.104 e. The van der Waals surface area contributed by atoms with Crippen molar-refractivity contribution < 1.29 is 14.6 Å². The van der Waals surface area contributed by atoms with Crippen molar-refractivity contribution in [1.29, 1.82) is 0 Å². The fraction of sp³-hybridized carbons (Fsp3) is 0.500. The van der Waals surface area contributed by atoms with Gasteiger partial charge in [-0.3, -0.25) is 0 Å². The Balaban J connectivity index is 1.84. The van der Waals surface area contributed by atoms with Gasteiger partial charge in [0, 0.05) is 6.54 Å². The lowest BCUT2D eigenvalue weighted by atomic mass is 10.1. The smallest absolute Gasteiger partial charge is 0.104 e. The van der Waals surface area contributed by atoms with Gasteiger partial charge in [0.05, 0.1) is 19.8 Å². The molecule has 0 aromatic heterocycles. The molecule has 4 nitrogen and oxygen atoms in total. The highest BCUT2D eigenvalue weighted by atomic mass is 16.6. The van der Waals surface area contributed by atoms with Crippen molar-refractivity contribution >= 4 is 0 Å². The molecule has 0 radical (unpaired) electrons. The molecule has 1 fully saturated rings. The minimum absolute atomic E-state index is 0.151. The van der Waals surface area contributed by atoms with E-state index >= 15 is 0 Å². The number of nitrogens with two attached hydrogens (primary N) is 1. The highest BCUT2D eigenvalue weighted by Crippen LogP contribution is 2.16. The largest absolute Gasteiger partial charge is 0.386 e. The summed E-state index contributed by atoms with van der Waals surface area (Å²) in [6.07, 6.45) is -0.426. The molecule has 0 saturated carbocycles. The predicted molar refractivity (Wildman–Crippen MR) is 59.9 cm³/mol. The van der Waals surface area contributed by atoms with E-state index in [-0.39, 0.29) is 6.10 Å². The van der Waals surface area contributed by atoms with Gasteiger partial charge in [0.15, 0.2) is 0 Å². The van der Waals surface area contributed by atoms with Crippen LogP contribution in [0, 0.1) is 0 Å². The Kier molecular flexibility index (Phi) is 3.90. The molecule has 1 aliphatic rings. The van der Waals surface area contributed by atoms with Crippen molar-refractivity contribution in [2.24, 2.45) is 5.73 Å². The minimum atomic E-state index is -0.576. The number of benzene rings is 1. The van der Waals surface area contributed by atoms with Gasteiger partial charge in [-0.1, -0.05) is 24.3 Å². The number of rotatable bonds is 5. The van der Waals surface area contributed by atoms with Crippen LogP contribution in [0.15, 0.2) is 24.3 Å². The van der Waals surface area contributed by atoms with Gasteiger partial charge in [-0.2, -0.15) is 0 Å². The van der Waals surface area contributed by atoms with Crippen LogP contribution in [0.2, 0.25) is 0 Å². The molecule has 88 valence electrons. The molecule has 16 heavy (non-hydrogen) atoms. The summed E-state index contributed by atoms with van der Waals surface area (Å²) in [5.41, 5.74) is 7.42. The van der Waals surface area contributed by atoms with E-state index < -0.39 is 6.10 Å². The standard InChI is InChI=1S/C12H17NO3/c13-5-9-1-3-10(4-2-9)12(14)8-16-11-6-15-7-11/h1-4,11-12,14H,5-8,13H2. The molecule has 1 aromatic carbocycles. The van der Waals surface area contributed by atoms with Gasteiger partial charge in [0.2, 0.25) is 0 Å². The lowest BCUT2D eigenvalue weighted by Gasteiger charge is -2.27. The fourth-order valence-electron chi connectivity index (χ4n) is 1.51. The van der Waals surface area contributed by atoms with Gasteiger partial charge in [0.1, 0.15) is 12.2 Å². The summed E-state index contributed by atoms with van der Waals surface area (Å²) >= 11 is 0. The van der Waals surface area contributed by atoms with Crippen molar-refractivity contribution in [2.45, 2.75) is 18.8 Å². The molecule has 1 saturated heterocycles. The van der Waals surface area contributed by atoms with Crippen LogP contribution in [0.5, 0.6) is 0 Å². The second-order valence-corrected chi connectivity index (χ2v) is 3.95. The summed E-state index contributed by atoms with van der Waals surface area (Å²) in [4.78, 5) is 0. The van der Waals surface area contributed by atoms with Crippen LogP contribution in [-0.4, -0.2) is 31.0 Å². The minimum Gasteiger partial charge on any atom is -0.386 e. The van der Waals surface area contributed by atoms with Gasteiger partial charge >= 0.3 is 0 Å². The Labute approximate surface area is 95.0 Å². The average molecular weight is 223 g/mol. The topological polar surface area (TPSA) is 64.7 Å². The van der Waals surface area contributed by atoms with Crippen LogP contribution < -0.4 is 5.73 Å². The quantitative estimate of drug-likeness (QED) is 0.767. The molecule has 1 atom stereocenters. The summed E-state index contributed by atoms with van der Waals surface area (Å²) in [6.45, 7) is 2.11.